The van der Waals surface area contributed by atoms with E-state index in [-0.39, 0.29) is 17.3 Å². The van der Waals surface area contributed by atoms with Crippen molar-refractivity contribution in [2.45, 2.75) is 83.3 Å². The molecule has 0 bridgehead atoms. The minimum atomic E-state index is -4.71. The van der Waals surface area contributed by atoms with Crippen molar-refractivity contribution in [1.82, 2.24) is 15.2 Å². The van der Waals surface area contributed by atoms with Gasteiger partial charge in [0.2, 0.25) is 0 Å². The number of aromatic nitrogens is 1. The number of anilines is 1. The summed E-state index contributed by atoms with van der Waals surface area (Å²) in [7, 11) is 0. The standard InChI is InChI=1S/C26H35F3N4O2/c1-4-18(2)33-15-7-14-25(3,17-33)32-22-9-6-5-8-21(22)31-24-30-16-23(34-24)19-10-12-20(13-11-19)35-26(27,28)29/h4,10-13,16,21-22,32H,5-9,14-15,17H2,1-3H3,(H,30,31)/b18-4+/t21-,22?,25+/m1/s1. The molecule has 35 heavy (non-hydrogen) atoms. The Morgan fingerprint density at radius 2 is 1.89 bits per heavy atom. The summed E-state index contributed by atoms with van der Waals surface area (Å²) in [4.78, 5) is 6.85. The lowest BCUT2D eigenvalue weighted by Gasteiger charge is -2.46. The van der Waals surface area contributed by atoms with Gasteiger partial charge >= 0.3 is 6.36 Å². The molecule has 1 saturated carbocycles. The first kappa shape index (κ1) is 25.4. The van der Waals surface area contributed by atoms with Crippen LogP contribution in [0.5, 0.6) is 5.75 Å². The summed E-state index contributed by atoms with van der Waals surface area (Å²) in [6.07, 6.45) is 5.79. The van der Waals surface area contributed by atoms with E-state index in [9.17, 15) is 13.2 Å². The zero-order valence-corrected chi connectivity index (χ0v) is 20.6. The molecule has 4 rings (SSSR count). The molecule has 1 aliphatic heterocycles. The highest BCUT2D eigenvalue weighted by Crippen LogP contribution is 2.31. The van der Waals surface area contributed by atoms with Crippen LogP contribution in [0.15, 0.2) is 46.7 Å². The summed E-state index contributed by atoms with van der Waals surface area (Å²) in [6, 6.07) is 6.50. The van der Waals surface area contributed by atoms with Crippen LogP contribution in [0.1, 0.15) is 59.3 Å². The predicted molar refractivity (Wildman–Crippen MR) is 130 cm³/mol. The van der Waals surface area contributed by atoms with Gasteiger partial charge < -0.3 is 24.7 Å². The number of allylic oxidation sites excluding steroid dienone is 2. The molecule has 9 heteroatoms. The summed E-state index contributed by atoms with van der Waals surface area (Å²) in [6.45, 7) is 8.67. The van der Waals surface area contributed by atoms with Crippen LogP contribution in [0.25, 0.3) is 11.3 Å². The maximum Gasteiger partial charge on any atom is 0.573 e. The first-order chi connectivity index (χ1) is 16.6. The molecule has 2 fully saturated rings. The third kappa shape index (κ3) is 6.72. The number of hydrogen-bond donors (Lipinski definition) is 2. The van der Waals surface area contributed by atoms with E-state index in [1.54, 1.807) is 6.20 Å². The second-order valence-corrected chi connectivity index (χ2v) is 9.90. The average molecular weight is 493 g/mol. The second kappa shape index (κ2) is 10.5. The van der Waals surface area contributed by atoms with Gasteiger partial charge in [-0.1, -0.05) is 18.9 Å². The Balaban J connectivity index is 1.40. The van der Waals surface area contributed by atoms with Crippen molar-refractivity contribution in [1.29, 1.82) is 0 Å². The summed E-state index contributed by atoms with van der Waals surface area (Å²) < 4.78 is 47.0. The third-order valence-electron chi connectivity index (χ3n) is 7.10. The zero-order valence-electron chi connectivity index (χ0n) is 20.6. The molecule has 3 atom stereocenters. The Labute approximate surface area is 204 Å². The van der Waals surface area contributed by atoms with Gasteiger partial charge in [-0.3, -0.25) is 0 Å². The molecule has 1 aromatic carbocycles. The van der Waals surface area contributed by atoms with E-state index in [4.69, 9.17) is 4.42 Å². The van der Waals surface area contributed by atoms with Crippen molar-refractivity contribution in [3.8, 4) is 17.1 Å². The molecule has 1 unspecified atom stereocenters. The third-order valence-corrected chi connectivity index (χ3v) is 7.10. The van der Waals surface area contributed by atoms with Gasteiger partial charge in [-0.05, 0) is 70.7 Å². The number of halogens is 3. The largest absolute Gasteiger partial charge is 0.573 e. The van der Waals surface area contributed by atoms with Gasteiger partial charge in [-0.15, -0.1) is 13.2 Å². The number of benzene rings is 1. The molecule has 192 valence electrons. The van der Waals surface area contributed by atoms with Crippen LogP contribution in [0.3, 0.4) is 0 Å². The zero-order chi connectivity index (χ0) is 25.1. The van der Waals surface area contributed by atoms with Crippen LogP contribution >= 0.6 is 0 Å². The number of nitrogens with one attached hydrogen (secondary N) is 2. The van der Waals surface area contributed by atoms with E-state index in [2.05, 4.69) is 52.1 Å². The smallest absolute Gasteiger partial charge is 0.424 e. The van der Waals surface area contributed by atoms with Crippen LogP contribution in [-0.4, -0.2) is 47.0 Å². The van der Waals surface area contributed by atoms with E-state index in [1.165, 1.54) is 36.4 Å². The van der Waals surface area contributed by atoms with Gasteiger partial charge in [0.05, 0.1) is 6.20 Å². The van der Waals surface area contributed by atoms with Crippen LogP contribution in [0, 0.1) is 0 Å². The van der Waals surface area contributed by atoms with Crippen molar-refractivity contribution in [2.24, 2.45) is 0 Å². The minimum absolute atomic E-state index is 0.0342. The molecule has 0 amide bonds. The monoisotopic (exact) mass is 492 g/mol. The summed E-state index contributed by atoms with van der Waals surface area (Å²) >= 11 is 0. The van der Waals surface area contributed by atoms with Gasteiger partial charge in [0.25, 0.3) is 6.01 Å². The molecule has 2 heterocycles. The Morgan fingerprint density at radius 1 is 1.17 bits per heavy atom. The number of ether oxygens (including phenoxy) is 1. The Hall–Kier alpha value is -2.68. The van der Waals surface area contributed by atoms with Crippen LogP contribution in [0.4, 0.5) is 19.2 Å². The molecule has 2 N–H and O–H groups in total. The van der Waals surface area contributed by atoms with Crippen molar-refractivity contribution < 1.29 is 22.3 Å². The molecule has 0 spiro atoms. The first-order valence-electron chi connectivity index (χ1n) is 12.4. The van der Waals surface area contributed by atoms with Gasteiger partial charge in [0.1, 0.15) is 5.75 Å². The molecule has 1 saturated heterocycles. The lowest BCUT2D eigenvalue weighted by atomic mass is 9.84. The maximum atomic E-state index is 12.4. The summed E-state index contributed by atoms with van der Waals surface area (Å²) in [5, 5.41) is 7.45. The van der Waals surface area contributed by atoms with E-state index < -0.39 is 6.36 Å². The molecule has 1 aliphatic carbocycles. The minimum Gasteiger partial charge on any atom is -0.424 e. The highest BCUT2D eigenvalue weighted by molar-refractivity contribution is 5.58. The molecule has 2 aromatic rings. The molecule has 1 aromatic heterocycles. The number of alkyl halides is 3. The van der Waals surface area contributed by atoms with E-state index in [0.717, 1.165) is 45.2 Å². The Bertz CT molecular complexity index is 1000. The van der Waals surface area contributed by atoms with E-state index in [1.807, 2.05) is 0 Å². The second-order valence-electron chi connectivity index (χ2n) is 9.90. The van der Waals surface area contributed by atoms with Gasteiger partial charge in [-0.2, -0.15) is 0 Å². The predicted octanol–water partition coefficient (Wildman–Crippen LogP) is 6.33. The average Bonchev–Trinajstić information content (AvgIpc) is 3.27. The van der Waals surface area contributed by atoms with Crippen molar-refractivity contribution in [3.63, 3.8) is 0 Å². The number of likely N-dealkylation sites (tertiary alicyclic amines) is 1. The van der Waals surface area contributed by atoms with Crippen molar-refractivity contribution >= 4 is 6.01 Å². The molecular formula is C26H35F3N4O2. The van der Waals surface area contributed by atoms with Gasteiger partial charge in [0.15, 0.2) is 5.76 Å². The van der Waals surface area contributed by atoms with Crippen LogP contribution in [-0.2, 0) is 0 Å². The van der Waals surface area contributed by atoms with E-state index >= 15 is 0 Å². The summed E-state index contributed by atoms with van der Waals surface area (Å²) in [5.74, 6) is 0.220. The highest BCUT2D eigenvalue weighted by atomic mass is 19.4. The molecular weight excluding hydrogens is 457 g/mol. The number of rotatable bonds is 7. The van der Waals surface area contributed by atoms with Crippen LogP contribution in [0.2, 0.25) is 0 Å². The topological polar surface area (TPSA) is 62.6 Å². The van der Waals surface area contributed by atoms with Crippen molar-refractivity contribution in [2.75, 3.05) is 18.4 Å². The SMILES string of the molecule is C/C=C(\C)N1CCC[C@](C)(NC2CCCC[C@H]2Nc2ncc(-c3ccc(OC(F)(F)F)cc3)o2)C1. The van der Waals surface area contributed by atoms with Gasteiger partial charge in [-0.25, -0.2) is 4.98 Å². The Kier molecular flexibility index (Phi) is 7.64. The van der Waals surface area contributed by atoms with Crippen LogP contribution < -0.4 is 15.4 Å². The fourth-order valence-corrected chi connectivity index (χ4v) is 5.22. The fraction of sp³-hybridized carbons (Fsp3) is 0.577. The lowest BCUT2D eigenvalue weighted by molar-refractivity contribution is -0.274. The molecule has 2 aliphatic rings. The molecule has 6 nitrogen and oxygen atoms in total. The number of piperidine rings is 1. The van der Waals surface area contributed by atoms with Crippen molar-refractivity contribution in [3.05, 3.63) is 42.2 Å². The van der Waals surface area contributed by atoms with E-state index in [0.29, 0.717) is 23.4 Å². The first-order valence-corrected chi connectivity index (χ1v) is 12.4. The summed E-state index contributed by atoms with van der Waals surface area (Å²) in [5.41, 5.74) is 1.99. The fourth-order valence-electron chi connectivity index (χ4n) is 5.22. The maximum absolute atomic E-state index is 12.4. The van der Waals surface area contributed by atoms with Gasteiger partial charge in [0, 0.05) is 42.0 Å². The quantitative estimate of drug-likeness (QED) is 0.471. The highest BCUT2D eigenvalue weighted by Gasteiger charge is 2.36. The number of oxazole rings is 1. The Morgan fingerprint density at radius 3 is 2.57 bits per heavy atom. The lowest BCUT2D eigenvalue weighted by Crippen LogP contribution is -2.61. The normalized spacial score (nSPS) is 26.0. The number of hydrogen-bond acceptors (Lipinski definition) is 6. The number of nitrogens with zero attached hydrogens (tertiary/aromatic N) is 2. The molecule has 0 radical (unpaired) electrons.